The van der Waals surface area contributed by atoms with E-state index < -0.39 is 44.8 Å². The van der Waals surface area contributed by atoms with E-state index in [4.69, 9.17) is 15.1 Å². The molecule has 2 heteroatoms. The minimum absolute atomic E-state index is 0.417. The normalized spacial score (nSPS) is 56.4. The average Bonchev–Trinajstić information content (AvgIpc) is 2.50. The average molecular weight is 229 g/mol. The van der Waals surface area contributed by atoms with E-state index in [0.29, 0.717) is 10.5 Å². The van der Waals surface area contributed by atoms with Crippen molar-refractivity contribution >= 4 is 0 Å². The van der Waals surface area contributed by atoms with Crippen LogP contribution in [0.3, 0.4) is 0 Å². The molecule has 88 valence electrons. The number of likely N-dealkylation sites (tertiary alicyclic amines) is 1. The summed E-state index contributed by atoms with van der Waals surface area (Å²) < 4.78 is 88.8. The second kappa shape index (κ2) is 5.46. The highest BCUT2D eigenvalue weighted by Gasteiger charge is 2.24. The van der Waals surface area contributed by atoms with Crippen LogP contribution in [-0.4, -0.2) is 30.9 Å². The van der Waals surface area contributed by atoms with E-state index >= 15 is 0 Å². The minimum atomic E-state index is -3.08. The highest BCUT2D eigenvalue weighted by atomic mass is 15.2. The summed E-state index contributed by atoms with van der Waals surface area (Å²) in [6, 6.07) is 5.14. The van der Waals surface area contributed by atoms with Gasteiger partial charge >= 0.3 is 0 Å². The fourth-order valence-corrected chi connectivity index (χ4v) is 1.43. The molecule has 0 amide bonds. The maximum absolute atomic E-state index is 8.53. The lowest BCUT2D eigenvalue weighted by molar-refractivity contribution is 0.147. The molecule has 16 heavy (non-hydrogen) atoms. The molecule has 1 aliphatic rings. The first-order valence-electron chi connectivity index (χ1n) is 10.5. The van der Waals surface area contributed by atoms with Gasteiger partial charge in [-0.1, -0.05) is 37.3 Å². The molecule has 1 aliphatic heterocycles. The van der Waals surface area contributed by atoms with Crippen molar-refractivity contribution in [2.75, 3.05) is 20.0 Å². The van der Waals surface area contributed by atoms with Crippen LogP contribution in [0.15, 0.2) is 30.3 Å². The summed E-state index contributed by atoms with van der Waals surface area (Å²) in [5.41, 5.74) is 0.450. The third-order valence-corrected chi connectivity index (χ3v) is 2.31. The monoisotopic (exact) mass is 229 g/mol. The number of hydrogen-bond acceptors (Lipinski definition) is 2. The molecule has 2 rings (SSSR count). The number of nitrogens with one attached hydrogen (secondary N) is 1. The predicted octanol–water partition coefficient (Wildman–Crippen LogP) is 2.12. The van der Waals surface area contributed by atoms with Crippen LogP contribution in [0.4, 0.5) is 0 Å². The van der Waals surface area contributed by atoms with Gasteiger partial charge in [-0.05, 0) is 31.3 Å². The van der Waals surface area contributed by atoms with E-state index in [1.54, 1.807) is 35.6 Å². The SMILES string of the molecule is [2H]C([2H])([2H])NC1([2H])C([2H])([2H])N(Cc2ccccc2)C([2H])([2H])C([2H])([2H])C1([2H])C. The van der Waals surface area contributed by atoms with Crippen LogP contribution in [0, 0.1) is 5.89 Å². The summed E-state index contributed by atoms with van der Waals surface area (Å²) in [4.78, 5) is 0.483. The molecule has 0 aliphatic carbocycles. The van der Waals surface area contributed by atoms with Crippen molar-refractivity contribution in [2.45, 2.75) is 25.9 Å². The summed E-state index contributed by atoms with van der Waals surface area (Å²) in [5.74, 6) is -2.78. The van der Waals surface area contributed by atoms with E-state index in [1.165, 1.54) is 0 Å². The van der Waals surface area contributed by atoms with Crippen molar-refractivity contribution in [1.82, 2.24) is 10.2 Å². The third kappa shape index (κ3) is 2.83. The molecule has 2 nitrogen and oxygen atoms in total. The summed E-state index contributed by atoms with van der Waals surface area (Å²) in [6.07, 6.45) is -3.08. The Morgan fingerprint density at radius 2 is 2.38 bits per heavy atom. The molecule has 0 spiro atoms. The molecule has 1 fully saturated rings. The number of rotatable bonds is 3. The summed E-state index contributed by atoms with van der Waals surface area (Å²) >= 11 is 0. The van der Waals surface area contributed by atoms with Crippen LogP contribution in [0.2, 0.25) is 0 Å². The molecule has 1 aromatic rings. The van der Waals surface area contributed by atoms with Crippen molar-refractivity contribution in [3.05, 3.63) is 35.9 Å². The van der Waals surface area contributed by atoms with Gasteiger partial charge in [0, 0.05) is 34.1 Å². The highest BCUT2D eigenvalue weighted by Crippen LogP contribution is 2.18. The van der Waals surface area contributed by atoms with Gasteiger partial charge in [0.2, 0.25) is 0 Å². The molecule has 0 aromatic heterocycles. The molecule has 1 saturated heterocycles. The summed E-state index contributed by atoms with van der Waals surface area (Å²) in [6.45, 7) is -8.66. The fourth-order valence-electron chi connectivity index (χ4n) is 1.43. The quantitative estimate of drug-likeness (QED) is 0.854. The van der Waals surface area contributed by atoms with Crippen LogP contribution in [0.5, 0.6) is 0 Å². The predicted molar refractivity (Wildman–Crippen MR) is 68.3 cm³/mol. The zero-order chi connectivity index (χ0) is 21.1. The van der Waals surface area contributed by atoms with Gasteiger partial charge in [-0.3, -0.25) is 4.90 Å². The number of likely N-dealkylation sites (N-methyl/N-ethyl adjacent to an activating group) is 1. The number of piperidine rings is 1. The molecule has 1 heterocycles. The second-order valence-corrected chi connectivity index (χ2v) is 3.55. The standard InChI is InChI=1S/C14H22N2/c1-12-8-9-16(11-14(12)15-2)10-13-6-4-3-5-7-13/h3-7,12,14-15H,8-11H2,1-2H3/i2D3,8D2,9D2,11D2,12D,14D. The lowest BCUT2D eigenvalue weighted by Gasteiger charge is -2.37. The zero-order valence-electron chi connectivity index (χ0n) is 20.0. The molecular weight excluding hydrogens is 196 g/mol. The molecule has 1 aromatic carbocycles. The van der Waals surface area contributed by atoms with E-state index in [9.17, 15) is 0 Å². The van der Waals surface area contributed by atoms with E-state index in [0.717, 1.165) is 6.92 Å². The van der Waals surface area contributed by atoms with Gasteiger partial charge in [0.1, 0.15) is 0 Å². The minimum Gasteiger partial charge on any atom is -0.315 e. The Balaban J connectivity index is 2.69. The fraction of sp³-hybridized carbons (Fsp3) is 0.571. The number of hydrogen-bond donors (Lipinski definition) is 1. The van der Waals surface area contributed by atoms with Crippen LogP contribution < -0.4 is 5.32 Å². The lowest BCUT2D eigenvalue weighted by atomic mass is 9.93. The maximum Gasteiger partial charge on any atom is 0.0481 e. The van der Waals surface area contributed by atoms with Crippen LogP contribution in [0.1, 0.15) is 33.9 Å². The van der Waals surface area contributed by atoms with Crippen molar-refractivity contribution in [3.63, 3.8) is 0 Å². The molecular formula is C14H22N2. The smallest absolute Gasteiger partial charge is 0.0481 e. The summed E-state index contributed by atoms with van der Waals surface area (Å²) in [7, 11) is 0. The Bertz CT molecular complexity index is 686. The molecule has 2 atom stereocenters. The Morgan fingerprint density at radius 3 is 3.12 bits per heavy atom. The molecule has 0 bridgehead atoms. The van der Waals surface area contributed by atoms with E-state index in [1.807, 2.05) is 0 Å². The van der Waals surface area contributed by atoms with E-state index in [2.05, 4.69) is 0 Å². The molecule has 1 N–H and O–H groups in total. The Labute approximate surface area is 114 Å². The molecule has 0 saturated carbocycles. The van der Waals surface area contributed by atoms with Gasteiger partial charge in [0.15, 0.2) is 0 Å². The van der Waals surface area contributed by atoms with Gasteiger partial charge in [-0.15, -0.1) is 0 Å². The Kier molecular flexibility index (Phi) is 1.40. The topological polar surface area (TPSA) is 15.3 Å². The van der Waals surface area contributed by atoms with Gasteiger partial charge in [-0.2, -0.15) is 0 Å². The second-order valence-electron chi connectivity index (χ2n) is 3.55. The Hall–Kier alpha value is -0.860. The largest absolute Gasteiger partial charge is 0.315 e. The van der Waals surface area contributed by atoms with Crippen molar-refractivity contribution in [2.24, 2.45) is 5.89 Å². The maximum atomic E-state index is 8.53. The first-order chi connectivity index (χ1) is 11.9. The van der Waals surface area contributed by atoms with Crippen molar-refractivity contribution in [3.8, 4) is 0 Å². The highest BCUT2D eigenvalue weighted by molar-refractivity contribution is 5.14. The number of nitrogens with zero attached hydrogens (tertiary/aromatic N) is 1. The van der Waals surface area contributed by atoms with Gasteiger partial charge in [-0.25, -0.2) is 0 Å². The van der Waals surface area contributed by atoms with Gasteiger partial charge in [0.25, 0.3) is 0 Å². The molecule has 2 unspecified atom stereocenters. The van der Waals surface area contributed by atoms with E-state index in [-0.39, 0.29) is 0 Å². The first kappa shape index (κ1) is 4.11. The van der Waals surface area contributed by atoms with Gasteiger partial charge < -0.3 is 5.32 Å². The Morgan fingerprint density at radius 1 is 1.56 bits per heavy atom. The van der Waals surface area contributed by atoms with Gasteiger partial charge in [0.05, 0.1) is 0 Å². The number of benzene rings is 1. The first-order valence-corrected chi connectivity index (χ1v) is 5.03. The zero-order valence-corrected chi connectivity index (χ0v) is 9.04. The van der Waals surface area contributed by atoms with Crippen molar-refractivity contribution < 1.29 is 15.1 Å². The van der Waals surface area contributed by atoms with Crippen LogP contribution >= 0.6 is 0 Å². The lowest BCUT2D eigenvalue weighted by Crippen LogP contribution is -2.48. The molecule has 0 radical (unpaired) electrons. The summed E-state index contributed by atoms with van der Waals surface area (Å²) in [5, 5.41) is 1.78. The van der Waals surface area contributed by atoms with Crippen LogP contribution in [-0.2, 0) is 6.54 Å². The van der Waals surface area contributed by atoms with Crippen LogP contribution in [0.25, 0.3) is 0 Å². The van der Waals surface area contributed by atoms with Crippen molar-refractivity contribution in [1.29, 1.82) is 0 Å². The third-order valence-electron chi connectivity index (χ3n) is 2.31.